The maximum atomic E-state index is 13.1. The average Bonchev–Trinajstić information content (AvgIpc) is 3.16. The Morgan fingerprint density at radius 3 is 2.34 bits per heavy atom. The van der Waals surface area contributed by atoms with Crippen LogP contribution in [-0.2, 0) is 11.3 Å². The first-order chi connectivity index (χ1) is 13.9. The number of rotatable bonds is 7. The highest BCUT2D eigenvalue weighted by atomic mass is 35.5. The van der Waals surface area contributed by atoms with E-state index in [4.69, 9.17) is 27.6 Å². The van der Waals surface area contributed by atoms with Gasteiger partial charge in [0.1, 0.15) is 0 Å². The lowest BCUT2D eigenvalue weighted by Gasteiger charge is -2.28. The fourth-order valence-corrected chi connectivity index (χ4v) is 4.18. The molecule has 152 valence electrons. The summed E-state index contributed by atoms with van der Waals surface area (Å²) in [6.45, 7) is 6.00. The number of nitrogens with zero attached hydrogens (tertiary/aromatic N) is 3. The van der Waals surface area contributed by atoms with E-state index in [-0.39, 0.29) is 23.7 Å². The molecular formula is C21H21Cl2N3O2S. The van der Waals surface area contributed by atoms with E-state index in [9.17, 15) is 4.79 Å². The monoisotopic (exact) mass is 449 g/mol. The number of hydrogen-bond acceptors (Lipinski definition) is 5. The Bertz CT molecular complexity index is 993. The topological polar surface area (TPSA) is 59.2 Å². The Hall–Kier alpha value is -2.02. The van der Waals surface area contributed by atoms with Crippen LogP contribution in [0.25, 0.3) is 11.5 Å². The third-order valence-corrected chi connectivity index (χ3v) is 6.21. The molecule has 1 amide bonds. The van der Waals surface area contributed by atoms with Crippen molar-refractivity contribution < 1.29 is 9.21 Å². The van der Waals surface area contributed by atoms with Gasteiger partial charge in [-0.2, -0.15) is 0 Å². The van der Waals surface area contributed by atoms with E-state index in [1.807, 2.05) is 63.2 Å². The summed E-state index contributed by atoms with van der Waals surface area (Å²) in [4.78, 5) is 15.7. The van der Waals surface area contributed by atoms with Crippen LogP contribution in [0.1, 0.15) is 26.7 Å². The summed E-state index contributed by atoms with van der Waals surface area (Å²) in [5.41, 5.74) is 0.665. The minimum absolute atomic E-state index is 0.0255. The van der Waals surface area contributed by atoms with Crippen LogP contribution in [0.2, 0.25) is 10.0 Å². The third-order valence-electron chi connectivity index (χ3n) is 4.27. The first-order valence-electron chi connectivity index (χ1n) is 9.15. The van der Waals surface area contributed by atoms with Crippen LogP contribution < -0.4 is 0 Å². The number of thioether (sulfide) groups is 1. The van der Waals surface area contributed by atoms with Gasteiger partial charge in [0, 0.05) is 10.9 Å². The minimum Gasteiger partial charge on any atom is -0.419 e. The molecule has 8 heteroatoms. The molecule has 5 nitrogen and oxygen atoms in total. The number of benzene rings is 2. The molecule has 0 aliphatic carbocycles. The maximum absolute atomic E-state index is 13.1. The number of amides is 1. The van der Waals surface area contributed by atoms with Crippen LogP contribution >= 0.6 is 35.0 Å². The SMILES string of the molecule is CC(Sc1ccccc1Cl)C(=O)N(Cc1nnc(-c2ccccc2Cl)o1)C(C)C. The average molecular weight is 450 g/mol. The highest BCUT2D eigenvalue weighted by molar-refractivity contribution is 8.00. The van der Waals surface area contributed by atoms with E-state index < -0.39 is 0 Å². The third kappa shape index (κ3) is 5.32. The number of hydrogen-bond donors (Lipinski definition) is 0. The van der Waals surface area contributed by atoms with Gasteiger partial charge in [-0.15, -0.1) is 22.0 Å². The lowest BCUT2D eigenvalue weighted by Crippen LogP contribution is -2.40. The van der Waals surface area contributed by atoms with Crippen LogP contribution in [-0.4, -0.2) is 32.3 Å². The van der Waals surface area contributed by atoms with Gasteiger partial charge in [-0.25, -0.2) is 0 Å². The van der Waals surface area contributed by atoms with Crippen LogP contribution in [0.5, 0.6) is 0 Å². The molecule has 29 heavy (non-hydrogen) atoms. The molecule has 0 radical (unpaired) electrons. The number of aromatic nitrogens is 2. The number of carbonyl (C=O) groups excluding carboxylic acids is 1. The van der Waals surface area contributed by atoms with E-state index in [1.54, 1.807) is 11.0 Å². The number of halogens is 2. The Balaban J connectivity index is 1.74. The van der Waals surface area contributed by atoms with Crippen molar-refractivity contribution in [2.45, 2.75) is 43.5 Å². The van der Waals surface area contributed by atoms with Gasteiger partial charge in [0.05, 0.1) is 27.4 Å². The van der Waals surface area contributed by atoms with Crippen LogP contribution in [0.15, 0.2) is 57.8 Å². The predicted octanol–water partition coefficient (Wildman–Crippen LogP) is 5.96. The second-order valence-corrected chi connectivity index (χ2v) is 8.93. The largest absolute Gasteiger partial charge is 0.419 e. The van der Waals surface area contributed by atoms with Crippen LogP contribution in [0.3, 0.4) is 0 Å². The summed E-state index contributed by atoms with van der Waals surface area (Å²) in [5, 5.41) is 9.03. The molecule has 1 atom stereocenters. The van der Waals surface area contributed by atoms with Crippen molar-refractivity contribution in [3.05, 3.63) is 64.5 Å². The van der Waals surface area contributed by atoms with Crippen LogP contribution in [0, 0.1) is 0 Å². The van der Waals surface area contributed by atoms with Gasteiger partial charge in [0.25, 0.3) is 0 Å². The fraction of sp³-hybridized carbons (Fsp3) is 0.286. The van der Waals surface area contributed by atoms with Crippen molar-refractivity contribution in [2.24, 2.45) is 0 Å². The molecule has 1 aromatic heterocycles. The summed E-state index contributed by atoms with van der Waals surface area (Å²) in [6.07, 6.45) is 0. The highest BCUT2D eigenvalue weighted by Crippen LogP contribution is 2.31. The summed E-state index contributed by atoms with van der Waals surface area (Å²) in [5.74, 6) is 0.666. The molecule has 0 bridgehead atoms. The van der Waals surface area contributed by atoms with Gasteiger partial charge in [-0.1, -0.05) is 47.5 Å². The molecule has 0 spiro atoms. The van der Waals surface area contributed by atoms with Gasteiger partial charge in [0.2, 0.25) is 17.7 Å². The smallest absolute Gasteiger partial charge is 0.249 e. The van der Waals surface area contributed by atoms with Gasteiger partial charge in [0.15, 0.2) is 0 Å². The van der Waals surface area contributed by atoms with Gasteiger partial charge >= 0.3 is 0 Å². The van der Waals surface area contributed by atoms with Crippen molar-refractivity contribution >= 4 is 40.9 Å². The molecule has 1 unspecified atom stereocenters. The molecule has 0 aliphatic heterocycles. The van der Waals surface area contributed by atoms with Gasteiger partial charge < -0.3 is 9.32 Å². The molecule has 0 saturated heterocycles. The quantitative estimate of drug-likeness (QED) is 0.416. The Kier molecular flexibility index (Phi) is 7.22. The molecule has 0 saturated carbocycles. The fourth-order valence-electron chi connectivity index (χ4n) is 2.74. The normalized spacial score (nSPS) is 12.2. The highest BCUT2D eigenvalue weighted by Gasteiger charge is 2.26. The second-order valence-electron chi connectivity index (χ2n) is 6.73. The van der Waals surface area contributed by atoms with Gasteiger partial charge in [-0.3, -0.25) is 4.79 Å². The van der Waals surface area contributed by atoms with E-state index in [2.05, 4.69) is 10.2 Å². The van der Waals surface area contributed by atoms with Crippen LogP contribution in [0.4, 0.5) is 0 Å². The minimum atomic E-state index is -0.316. The Labute approximate surface area is 184 Å². The molecule has 1 heterocycles. The summed E-state index contributed by atoms with van der Waals surface area (Å²) in [7, 11) is 0. The van der Waals surface area contributed by atoms with E-state index in [0.717, 1.165) is 4.90 Å². The number of carbonyl (C=O) groups is 1. The molecule has 0 fully saturated rings. The summed E-state index contributed by atoms with van der Waals surface area (Å²) < 4.78 is 5.77. The van der Waals surface area contributed by atoms with Gasteiger partial charge in [-0.05, 0) is 45.0 Å². The first-order valence-corrected chi connectivity index (χ1v) is 10.8. The lowest BCUT2D eigenvalue weighted by molar-refractivity contribution is -0.133. The summed E-state index contributed by atoms with van der Waals surface area (Å²) in [6, 6.07) is 14.7. The van der Waals surface area contributed by atoms with E-state index >= 15 is 0 Å². The Morgan fingerprint density at radius 1 is 1.03 bits per heavy atom. The van der Waals surface area contributed by atoms with Crippen molar-refractivity contribution in [3.63, 3.8) is 0 Å². The van der Waals surface area contributed by atoms with Crippen molar-refractivity contribution in [1.82, 2.24) is 15.1 Å². The zero-order valence-electron chi connectivity index (χ0n) is 16.3. The molecule has 2 aromatic carbocycles. The predicted molar refractivity (Wildman–Crippen MR) is 117 cm³/mol. The second kappa shape index (κ2) is 9.65. The van der Waals surface area contributed by atoms with Crippen molar-refractivity contribution in [2.75, 3.05) is 0 Å². The standard InChI is InChI=1S/C21H21Cl2N3O2S/c1-13(2)26(21(27)14(3)29-18-11-7-6-10-17(18)23)12-19-24-25-20(28-19)15-8-4-5-9-16(15)22/h4-11,13-14H,12H2,1-3H3. The molecule has 0 aliphatic rings. The summed E-state index contributed by atoms with van der Waals surface area (Å²) >= 11 is 13.9. The zero-order chi connectivity index (χ0) is 21.0. The first kappa shape index (κ1) is 21.7. The lowest BCUT2D eigenvalue weighted by atomic mass is 10.2. The molecule has 3 rings (SSSR count). The van der Waals surface area contributed by atoms with Crippen molar-refractivity contribution in [3.8, 4) is 11.5 Å². The maximum Gasteiger partial charge on any atom is 0.249 e. The van der Waals surface area contributed by atoms with E-state index in [1.165, 1.54) is 11.8 Å². The molecule has 3 aromatic rings. The Morgan fingerprint density at radius 2 is 1.69 bits per heavy atom. The molecule has 0 N–H and O–H groups in total. The van der Waals surface area contributed by atoms with Crippen molar-refractivity contribution in [1.29, 1.82) is 0 Å². The molecular weight excluding hydrogens is 429 g/mol. The zero-order valence-corrected chi connectivity index (χ0v) is 18.6. The van der Waals surface area contributed by atoms with E-state index in [0.29, 0.717) is 27.4 Å².